The molecule has 0 amide bonds. The molecular formula is C24H28O4. The molecule has 0 atom stereocenters. The molecule has 0 aromatic rings. The van der Waals surface area contributed by atoms with Crippen LogP contribution in [0.4, 0.5) is 0 Å². The molecule has 0 heterocycles. The number of carboxylic acids is 2. The average Bonchev–Trinajstić information content (AvgIpc) is 2.61. The predicted molar refractivity (Wildman–Crippen MR) is 116 cm³/mol. The molecule has 0 spiro atoms. The van der Waals surface area contributed by atoms with Crippen LogP contribution in [0.25, 0.3) is 0 Å². The maximum Gasteiger partial charge on any atom is 0.328 e. The highest BCUT2D eigenvalue weighted by atomic mass is 16.4. The van der Waals surface area contributed by atoms with Crippen molar-refractivity contribution in [2.45, 2.75) is 27.7 Å². The van der Waals surface area contributed by atoms with Gasteiger partial charge in [0.05, 0.1) is 0 Å². The number of carboxylic acid groups (broad SMARTS) is 2. The van der Waals surface area contributed by atoms with Gasteiger partial charge < -0.3 is 10.2 Å². The van der Waals surface area contributed by atoms with Crippen LogP contribution in [0, 0.1) is 0 Å². The molecular weight excluding hydrogens is 352 g/mol. The van der Waals surface area contributed by atoms with Gasteiger partial charge in [-0.1, -0.05) is 95.2 Å². The van der Waals surface area contributed by atoms with Crippen molar-refractivity contribution in [1.29, 1.82) is 0 Å². The molecule has 0 aromatic heterocycles. The summed E-state index contributed by atoms with van der Waals surface area (Å²) in [6.45, 7) is 7.63. The van der Waals surface area contributed by atoms with Gasteiger partial charge in [0.25, 0.3) is 0 Å². The smallest absolute Gasteiger partial charge is 0.328 e. The summed E-state index contributed by atoms with van der Waals surface area (Å²) in [6, 6.07) is 0. The van der Waals surface area contributed by atoms with Crippen LogP contribution < -0.4 is 0 Å². The number of hydrogen-bond acceptors (Lipinski definition) is 2. The first-order chi connectivity index (χ1) is 13.2. The lowest BCUT2D eigenvalue weighted by molar-refractivity contribution is -0.132. The lowest BCUT2D eigenvalue weighted by Gasteiger charge is -1.90. The standard InChI is InChI=1S/C24H28O4/c1-19(11-7-13-21(3)15-17-23(25)26)9-5-6-10-20(2)12-8-14-22(4)16-18-24(27)28/h5-18H,1-4H3,(H,25,26)(H,27,28)/b6-5+,11-7+,12-8+,17-15-,18-16+,19-9+,20-10+,21-13+,22-14+. The Morgan fingerprint density at radius 3 is 1.07 bits per heavy atom. The van der Waals surface area contributed by atoms with E-state index in [0.717, 1.165) is 34.4 Å². The molecule has 28 heavy (non-hydrogen) atoms. The maximum atomic E-state index is 10.4. The van der Waals surface area contributed by atoms with Gasteiger partial charge in [0.1, 0.15) is 0 Å². The molecule has 0 fully saturated rings. The van der Waals surface area contributed by atoms with Crippen molar-refractivity contribution in [3.63, 3.8) is 0 Å². The SMILES string of the molecule is CC(/C=C\C(=O)O)=C\C=C\C(C)=C\C=C\C=C(C)\C=C\C=C(C)\C=C\C(=O)O. The van der Waals surface area contributed by atoms with Crippen molar-refractivity contribution >= 4 is 11.9 Å². The number of hydrogen-bond donors (Lipinski definition) is 2. The molecule has 2 N–H and O–H groups in total. The van der Waals surface area contributed by atoms with Crippen LogP contribution in [-0.2, 0) is 9.59 Å². The van der Waals surface area contributed by atoms with E-state index in [4.69, 9.17) is 10.2 Å². The predicted octanol–water partition coefficient (Wildman–Crippen LogP) is 5.72. The van der Waals surface area contributed by atoms with Gasteiger partial charge >= 0.3 is 11.9 Å². The lowest BCUT2D eigenvalue weighted by Crippen LogP contribution is -1.85. The fourth-order valence-corrected chi connectivity index (χ4v) is 1.75. The number of carbonyl (C=O) groups is 2. The third kappa shape index (κ3) is 16.1. The Morgan fingerprint density at radius 2 is 0.750 bits per heavy atom. The Kier molecular flexibility index (Phi) is 12.9. The number of allylic oxidation sites excluding steroid dienone is 16. The van der Waals surface area contributed by atoms with Crippen molar-refractivity contribution in [1.82, 2.24) is 0 Å². The molecule has 4 heteroatoms. The van der Waals surface area contributed by atoms with Gasteiger partial charge in [-0.25, -0.2) is 9.59 Å². The first-order valence-corrected chi connectivity index (χ1v) is 8.74. The fourth-order valence-electron chi connectivity index (χ4n) is 1.75. The molecule has 0 aliphatic rings. The minimum Gasteiger partial charge on any atom is -0.478 e. The van der Waals surface area contributed by atoms with Crippen molar-refractivity contribution in [2.24, 2.45) is 0 Å². The highest BCUT2D eigenvalue weighted by Gasteiger charge is 1.86. The van der Waals surface area contributed by atoms with Crippen LogP contribution in [0.2, 0.25) is 0 Å². The molecule has 0 aliphatic heterocycles. The van der Waals surface area contributed by atoms with E-state index in [0.29, 0.717) is 0 Å². The third-order valence-electron chi connectivity index (χ3n) is 3.24. The summed E-state index contributed by atoms with van der Waals surface area (Å²) in [4.78, 5) is 20.9. The van der Waals surface area contributed by atoms with Crippen LogP contribution >= 0.6 is 0 Å². The van der Waals surface area contributed by atoms with Gasteiger partial charge in [-0.15, -0.1) is 0 Å². The summed E-state index contributed by atoms with van der Waals surface area (Å²) in [5, 5.41) is 17.1. The topological polar surface area (TPSA) is 74.6 Å². The van der Waals surface area contributed by atoms with E-state index in [1.54, 1.807) is 12.2 Å². The van der Waals surface area contributed by atoms with Crippen LogP contribution in [0.15, 0.2) is 107 Å². The minimum atomic E-state index is -0.961. The maximum absolute atomic E-state index is 10.4. The van der Waals surface area contributed by atoms with Crippen LogP contribution in [0.1, 0.15) is 27.7 Å². The number of aliphatic carboxylic acids is 2. The number of rotatable bonds is 10. The molecule has 0 bridgehead atoms. The van der Waals surface area contributed by atoms with E-state index >= 15 is 0 Å². The molecule has 0 saturated heterocycles. The summed E-state index contributed by atoms with van der Waals surface area (Å²) >= 11 is 0. The zero-order chi connectivity index (χ0) is 21.4. The molecule has 0 aliphatic carbocycles. The van der Waals surface area contributed by atoms with Crippen molar-refractivity contribution in [3.05, 3.63) is 107 Å². The van der Waals surface area contributed by atoms with E-state index in [1.165, 1.54) is 0 Å². The molecule has 0 rings (SSSR count). The third-order valence-corrected chi connectivity index (χ3v) is 3.24. The highest BCUT2D eigenvalue weighted by Crippen LogP contribution is 2.02. The van der Waals surface area contributed by atoms with E-state index in [1.807, 2.05) is 88.5 Å². The average molecular weight is 380 g/mol. The second-order valence-electron chi connectivity index (χ2n) is 6.09. The Morgan fingerprint density at radius 1 is 0.464 bits per heavy atom. The Bertz CT molecular complexity index is 740. The molecule has 0 saturated carbocycles. The quantitative estimate of drug-likeness (QED) is 0.375. The monoisotopic (exact) mass is 380 g/mol. The molecule has 0 radical (unpaired) electrons. The minimum absolute atomic E-state index is 0.857. The van der Waals surface area contributed by atoms with Gasteiger partial charge in [-0.05, 0) is 27.7 Å². The summed E-state index contributed by atoms with van der Waals surface area (Å²) in [6.07, 6.45) is 24.5. The molecule has 4 nitrogen and oxygen atoms in total. The van der Waals surface area contributed by atoms with E-state index < -0.39 is 11.9 Å². The molecule has 0 unspecified atom stereocenters. The van der Waals surface area contributed by atoms with Gasteiger partial charge in [-0.2, -0.15) is 0 Å². The second-order valence-corrected chi connectivity index (χ2v) is 6.09. The molecule has 0 aromatic carbocycles. The van der Waals surface area contributed by atoms with Crippen molar-refractivity contribution < 1.29 is 19.8 Å². The highest BCUT2D eigenvalue weighted by molar-refractivity contribution is 5.80. The summed E-state index contributed by atoms with van der Waals surface area (Å²) < 4.78 is 0. The summed E-state index contributed by atoms with van der Waals surface area (Å²) in [5.74, 6) is -1.92. The fraction of sp³-hybridized carbons (Fsp3) is 0.167. The second kappa shape index (κ2) is 14.7. The Hall–Kier alpha value is -3.40. The Labute approximate surface area is 167 Å². The zero-order valence-electron chi connectivity index (χ0n) is 16.8. The van der Waals surface area contributed by atoms with Crippen LogP contribution in [0.5, 0.6) is 0 Å². The van der Waals surface area contributed by atoms with Gasteiger partial charge in [0.15, 0.2) is 0 Å². The zero-order valence-corrected chi connectivity index (χ0v) is 16.8. The lowest BCUT2D eigenvalue weighted by atomic mass is 10.2. The summed E-state index contributed by atoms with van der Waals surface area (Å²) in [7, 11) is 0. The van der Waals surface area contributed by atoms with Crippen LogP contribution in [0.3, 0.4) is 0 Å². The van der Waals surface area contributed by atoms with E-state index in [-0.39, 0.29) is 0 Å². The van der Waals surface area contributed by atoms with Crippen molar-refractivity contribution in [3.8, 4) is 0 Å². The van der Waals surface area contributed by atoms with E-state index in [9.17, 15) is 9.59 Å². The first kappa shape index (κ1) is 24.6. The first-order valence-electron chi connectivity index (χ1n) is 8.74. The van der Waals surface area contributed by atoms with Crippen molar-refractivity contribution in [2.75, 3.05) is 0 Å². The van der Waals surface area contributed by atoms with Gasteiger partial charge in [0, 0.05) is 12.2 Å². The van der Waals surface area contributed by atoms with E-state index in [2.05, 4.69) is 0 Å². The largest absolute Gasteiger partial charge is 0.478 e. The van der Waals surface area contributed by atoms with Crippen LogP contribution in [-0.4, -0.2) is 22.2 Å². The normalized spacial score (nSPS) is 15.1. The van der Waals surface area contributed by atoms with Gasteiger partial charge in [0.2, 0.25) is 0 Å². The summed E-state index contributed by atoms with van der Waals surface area (Å²) in [5.41, 5.74) is 3.84. The van der Waals surface area contributed by atoms with Gasteiger partial charge in [-0.3, -0.25) is 0 Å². The Balaban J connectivity index is 4.66. The molecule has 148 valence electrons.